The number of carbonyl (C=O) groups is 1. The van der Waals surface area contributed by atoms with Crippen molar-refractivity contribution in [1.29, 1.82) is 0 Å². The molecule has 126 valence electrons. The number of alkyl carbamates (subject to hydrolysis) is 1. The average molecular weight is 317 g/mol. The number of ether oxygens (including phenoxy) is 1. The van der Waals surface area contributed by atoms with Gasteiger partial charge in [-0.25, -0.2) is 4.79 Å². The topological polar surface area (TPSA) is 66.2 Å². The largest absolute Gasteiger partial charge is 0.444 e. The van der Waals surface area contributed by atoms with Gasteiger partial charge < -0.3 is 20.4 Å². The van der Waals surface area contributed by atoms with E-state index in [1.54, 1.807) is 0 Å². The Hall–Kier alpha value is -2.01. The number of fused-ring (bicyclic) bond motifs is 1. The molecule has 5 heteroatoms. The molecule has 1 aromatic carbocycles. The summed E-state index contributed by atoms with van der Waals surface area (Å²) in [4.78, 5) is 15.2. The lowest BCUT2D eigenvalue weighted by atomic mass is 9.95. The van der Waals surface area contributed by atoms with E-state index in [9.17, 15) is 4.79 Å². The molecule has 0 aliphatic rings. The van der Waals surface area contributed by atoms with Gasteiger partial charge >= 0.3 is 6.09 Å². The highest BCUT2D eigenvalue weighted by atomic mass is 16.6. The second-order valence-corrected chi connectivity index (χ2v) is 6.76. The number of amides is 1. The summed E-state index contributed by atoms with van der Waals surface area (Å²) >= 11 is 0. The highest BCUT2D eigenvalue weighted by molar-refractivity contribution is 5.83. The van der Waals surface area contributed by atoms with Crippen LogP contribution < -0.4 is 10.6 Å². The van der Waals surface area contributed by atoms with E-state index in [4.69, 9.17) is 4.74 Å². The van der Waals surface area contributed by atoms with Crippen LogP contribution in [0.1, 0.15) is 38.7 Å². The normalized spacial score (nSPS) is 13.0. The van der Waals surface area contributed by atoms with Gasteiger partial charge in [0, 0.05) is 29.6 Å². The average Bonchev–Trinajstić information content (AvgIpc) is 2.90. The van der Waals surface area contributed by atoms with Crippen molar-refractivity contribution in [3.05, 3.63) is 36.0 Å². The summed E-state index contributed by atoms with van der Waals surface area (Å²) < 4.78 is 5.32. The number of rotatable bonds is 6. The number of aromatic nitrogens is 1. The minimum atomic E-state index is -0.481. The number of hydrogen-bond donors (Lipinski definition) is 3. The number of nitrogens with one attached hydrogen (secondary N) is 3. The molecule has 2 rings (SSSR count). The second kappa shape index (κ2) is 7.51. The van der Waals surface area contributed by atoms with Crippen molar-refractivity contribution in [1.82, 2.24) is 15.6 Å². The van der Waals surface area contributed by atoms with Crippen LogP contribution in [0.4, 0.5) is 4.79 Å². The van der Waals surface area contributed by atoms with Gasteiger partial charge in [0.1, 0.15) is 5.60 Å². The van der Waals surface area contributed by atoms with Gasteiger partial charge in [-0.2, -0.15) is 0 Å². The number of carbonyl (C=O) groups excluding carboxylic acids is 1. The van der Waals surface area contributed by atoms with E-state index in [1.165, 1.54) is 10.9 Å². The summed E-state index contributed by atoms with van der Waals surface area (Å²) in [5.74, 6) is 0.228. The van der Waals surface area contributed by atoms with Gasteiger partial charge in [0.05, 0.1) is 0 Å². The van der Waals surface area contributed by atoms with Crippen molar-refractivity contribution < 1.29 is 9.53 Å². The molecule has 0 saturated heterocycles. The first-order chi connectivity index (χ1) is 10.9. The van der Waals surface area contributed by atoms with E-state index in [2.05, 4.69) is 27.8 Å². The molecule has 1 atom stereocenters. The fourth-order valence-corrected chi connectivity index (χ4v) is 2.64. The highest BCUT2D eigenvalue weighted by Crippen LogP contribution is 2.27. The molecule has 1 unspecified atom stereocenters. The molecule has 0 aliphatic carbocycles. The molecule has 23 heavy (non-hydrogen) atoms. The van der Waals surface area contributed by atoms with Crippen molar-refractivity contribution >= 4 is 17.0 Å². The summed E-state index contributed by atoms with van der Waals surface area (Å²) in [5.41, 5.74) is 1.87. The Morgan fingerprint density at radius 1 is 1.30 bits per heavy atom. The molecule has 5 nitrogen and oxygen atoms in total. The maximum atomic E-state index is 11.9. The third-order valence-corrected chi connectivity index (χ3v) is 3.70. The lowest BCUT2D eigenvalue weighted by Gasteiger charge is -2.22. The molecule has 0 spiro atoms. The number of hydrogen-bond acceptors (Lipinski definition) is 3. The number of benzene rings is 1. The van der Waals surface area contributed by atoms with Gasteiger partial charge in [-0.15, -0.1) is 0 Å². The monoisotopic (exact) mass is 317 g/mol. The first kappa shape index (κ1) is 17.3. The predicted octanol–water partition coefficient (Wildman–Crippen LogP) is 3.39. The molecule has 0 bridgehead atoms. The quantitative estimate of drug-likeness (QED) is 0.765. The zero-order valence-electron chi connectivity index (χ0n) is 14.4. The number of H-pyrrole nitrogens is 1. The lowest BCUT2D eigenvalue weighted by Crippen LogP contribution is -2.35. The summed E-state index contributed by atoms with van der Waals surface area (Å²) in [7, 11) is 1.94. The van der Waals surface area contributed by atoms with Crippen molar-refractivity contribution in [2.45, 2.75) is 38.7 Å². The van der Waals surface area contributed by atoms with Crippen molar-refractivity contribution in [3.63, 3.8) is 0 Å². The van der Waals surface area contributed by atoms with Crippen LogP contribution in [-0.2, 0) is 4.74 Å². The van der Waals surface area contributed by atoms with Gasteiger partial charge in [0.2, 0.25) is 0 Å². The molecule has 1 amide bonds. The number of aromatic amines is 1. The SMILES string of the molecule is CNCCC(CNC(=O)OC(C)(C)C)c1c[nH]c2ccccc12. The molecular formula is C18H27N3O2. The van der Waals surface area contributed by atoms with E-state index in [-0.39, 0.29) is 12.0 Å². The molecule has 3 N–H and O–H groups in total. The minimum absolute atomic E-state index is 0.228. The fourth-order valence-electron chi connectivity index (χ4n) is 2.64. The molecular weight excluding hydrogens is 290 g/mol. The maximum Gasteiger partial charge on any atom is 0.407 e. The van der Waals surface area contributed by atoms with E-state index in [0.29, 0.717) is 6.54 Å². The third-order valence-electron chi connectivity index (χ3n) is 3.70. The van der Waals surface area contributed by atoms with Crippen molar-refractivity contribution in [3.8, 4) is 0 Å². The Morgan fingerprint density at radius 2 is 2.04 bits per heavy atom. The fraction of sp³-hybridized carbons (Fsp3) is 0.500. The lowest BCUT2D eigenvalue weighted by molar-refractivity contribution is 0.0524. The Balaban J connectivity index is 2.09. The van der Waals surface area contributed by atoms with Crippen LogP contribution in [0.5, 0.6) is 0 Å². The second-order valence-electron chi connectivity index (χ2n) is 6.76. The Bertz CT molecular complexity index is 643. The van der Waals surface area contributed by atoms with E-state index in [0.717, 1.165) is 18.5 Å². The smallest absolute Gasteiger partial charge is 0.407 e. The zero-order chi connectivity index (χ0) is 16.9. The molecule has 0 saturated carbocycles. The standard InChI is InChI=1S/C18H27N3O2/c1-18(2,3)23-17(22)21-11-13(9-10-19-4)15-12-20-16-8-6-5-7-14(15)16/h5-8,12-13,19-20H,9-11H2,1-4H3,(H,21,22). The first-order valence-corrected chi connectivity index (χ1v) is 8.08. The van der Waals surface area contributed by atoms with Crippen LogP contribution in [0.15, 0.2) is 30.5 Å². The zero-order valence-corrected chi connectivity index (χ0v) is 14.4. The summed E-state index contributed by atoms with van der Waals surface area (Å²) in [6.07, 6.45) is 2.61. The highest BCUT2D eigenvalue weighted by Gasteiger charge is 2.19. The molecule has 0 radical (unpaired) electrons. The molecule has 0 fully saturated rings. The molecule has 2 aromatic rings. The van der Waals surface area contributed by atoms with Gasteiger partial charge in [-0.05, 0) is 52.4 Å². The predicted molar refractivity (Wildman–Crippen MR) is 93.8 cm³/mol. The van der Waals surface area contributed by atoms with Crippen LogP contribution in [0.2, 0.25) is 0 Å². The van der Waals surface area contributed by atoms with Crippen LogP contribution in [-0.4, -0.2) is 36.8 Å². The Morgan fingerprint density at radius 3 is 2.74 bits per heavy atom. The van der Waals surface area contributed by atoms with E-state index in [1.807, 2.05) is 46.1 Å². The van der Waals surface area contributed by atoms with Crippen LogP contribution in [0.3, 0.4) is 0 Å². The van der Waals surface area contributed by atoms with Gasteiger partial charge in [-0.3, -0.25) is 0 Å². The number of para-hydroxylation sites is 1. The maximum absolute atomic E-state index is 11.9. The summed E-state index contributed by atoms with van der Waals surface area (Å²) in [5, 5.41) is 7.29. The van der Waals surface area contributed by atoms with Crippen LogP contribution >= 0.6 is 0 Å². The summed E-state index contributed by atoms with van der Waals surface area (Å²) in [6, 6.07) is 8.23. The Kier molecular flexibility index (Phi) is 5.66. The van der Waals surface area contributed by atoms with E-state index >= 15 is 0 Å². The third kappa shape index (κ3) is 4.99. The minimum Gasteiger partial charge on any atom is -0.444 e. The van der Waals surface area contributed by atoms with E-state index < -0.39 is 5.60 Å². The van der Waals surface area contributed by atoms with Gasteiger partial charge in [0.15, 0.2) is 0 Å². The van der Waals surface area contributed by atoms with Crippen molar-refractivity contribution in [2.75, 3.05) is 20.1 Å². The molecule has 1 aromatic heterocycles. The van der Waals surface area contributed by atoms with Crippen molar-refractivity contribution in [2.24, 2.45) is 0 Å². The van der Waals surface area contributed by atoms with Gasteiger partial charge in [0.25, 0.3) is 0 Å². The Labute approximate surface area is 137 Å². The van der Waals surface area contributed by atoms with Gasteiger partial charge in [-0.1, -0.05) is 18.2 Å². The van der Waals surface area contributed by atoms with Crippen LogP contribution in [0.25, 0.3) is 10.9 Å². The van der Waals surface area contributed by atoms with Crippen LogP contribution in [0, 0.1) is 0 Å². The first-order valence-electron chi connectivity index (χ1n) is 8.08. The summed E-state index contributed by atoms with van der Waals surface area (Å²) in [6.45, 7) is 7.04. The molecule has 0 aliphatic heterocycles. The molecule has 1 heterocycles.